The van der Waals surface area contributed by atoms with Crippen molar-refractivity contribution in [3.05, 3.63) is 64.7 Å². The normalized spacial score (nSPS) is 26.7. The van der Waals surface area contributed by atoms with Gasteiger partial charge in [-0.2, -0.15) is 5.26 Å². The molecule has 0 spiro atoms. The van der Waals surface area contributed by atoms with E-state index >= 15 is 0 Å². The van der Waals surface area contributed by atoms with Crippen LogP contribution in [0.5, 0.6) is 5.75 Å². The van der Waals surface area contributed by atoms with Crippen LogP contribution in [0, 0.1) is 11.3 Å². The van der Waals surface area contributed by atoms with Crippen molar-refractivity contribution in [2.24, 2.45) is 0 Å². The van der Waals surface area contributed by atoms with Crippen molar-refractivity contribution in [2.75, 3.05) is 6.61 Å². The zero-order valence-corrected chi connectivity index (χ0v) is 16.1. The van der Waals surface area contributed by atoms with Crippen LogP contribution in [-0.2, 0) is 17.6 Å². The summed E-state index contributed by atoms with van der Waals surface area (Å²) in [5, 5.41) is 48.6. The lowest BCUT2D eigenvalue weighted by molar-refractivity contribution is -0.277. The Morgan fingerprint density at radius 2 is 1.69 bits per heavy atom. The van der Waals surface area contributed by atoms with Gasteiger partial charge in [0, 0.05) is 0 Å². The molecule has 29 heavy (non-hydrogen) atoms. The molecule has 1 saturated heterocycles. The zero-order chi connectivity index (χ0) is 21.0. The number of nitriles is 1. The first-order valence-electron chi connectivity index (χ1n) is 9.54. The second kappa shape index (κ2) is 9.35. The number of hydrogen-bond donors (Lipinski definition) is 4. The minimum atomic E-state index is -1.51. The van der Waals surface area contributed by atoms with Crippen LogP contribution < -0.4 is 4.74 Å². The molecule has 154 valence electrons. The molecule has 1 aliphatic rings. The molecule has 5 atom stereocenters. The van der Waals surface area contributed by atoms with Crippen LogP contribution in [-0.4, -0.2) is 57.7 Å². The van der Waals surface area contributed by atoms with Gasteiger partial charge in [-0.1, -0.05) is 31.2 Å². The fourth-order valence-electron chi connectivity index (χ4n) is 3.31. The average molecular weight is 399 g/mol. The molecule has 0 bridgehead atoms. The lowest BCUT2D eigenvalue weighted by atomic mass is 9.98. The molecule has 2 aromatic rings. The Morgan fingerprint density at radius 1 is 1.00 bits per heavy atom. The summed E-state index contributed by atoms with van der Waals surface area (Å²) < 4.78 is 11.0. The highest BCUT2D eigenvalue weighted by Gasteiger charge is 2.44. The summed E-state index contributed by atoms with van der Waals surface area (Å²) in [5.74, 6) is 0.341. The molecule has 0 unspecified atom stereocenters. The third-order valence-corrected chi connectivity index (χ3v) is 5.12. The largest absolute Gasteiger partial charge is 0.462 e. The van der Waals surface area contributed by atoms with Crippen molar-refractivity contribution in [2.45, 2.75) is 50.5 Å². The second-order valence-corrected chi connectivity index (χ2v) is 7.09. The SMILES string of the molecule is CCc1ccc(Cc2cc(O[C@@H]3O[C@H](CO)[C@@H](O)[C@H](O)[C@H]3O)ccc2C#N)cc1. The van der Waals surface area contributed by atoms with Crippen LogP contribution in [0.25, 0.3) is 0 Å². The maximum absolute atomic E-state index is 10.1. The Balaban J connectivity index is 1.80. The summed E-state index contributed by atoms with van der Waals surface area (Å²) in [6, 6.07) is 15.2. The van der Waals surface area contributed by atoms with Crippen LogP contribution in [0.15, 0.2) is 42.5 Å². The van der Waals surface area contributed by atoms with Crippen LogP contribution in [0.3, 0.4) is 0 Å². The maximum Gasteiger partial charge on any atom is 0.229 e. The first-order valence-corrected chi connectivity index (χ1v) is 9.54. The number of aliphatic hydroxyl groups excluding tert-OH is 4. The summed E-state index contributed by atoms with van der Waals surface area (Å²) in [6.45, 7) is 1.56. The van der Waals surface area contributed by atoms with E-state index < -0.39 is 37.3 Å². The van der Waals surface area contributed by atoms with E-state index in [0.717, 1.165) is 17.5 Å². The van der Waals surface area contributed by atoms with Crippen LogP contribution in [0.4, 0.5) is 0 Å². The number of benzene rings is 2. The van der Waals surface area contributed by atoms with Crippen LogP contribution in [0.2, 0.25) is 0 Å². The molecule has 3 rings (SSSR count). The second-order valence-electron chi connectivity index (χ2n) is 7.09. The van der Waals surface area contributed by atoms with Crippen molar-refractivity contribution in [3.8, 4) is 11.8 Å². The number of rotatable bonds is 6. The highest BCUT2D eigenvalue weighted by atomic mass is 16.7. The molecule has 2 aromatic carbocycles. The molecule has 1 heterocycles. The van der Waals surface area contributed by atoms with E-state index in [-0.39, 0.29) is 0 Å². The van der Waals surface area contributed by atoms with Gasteiger partial charge in [-0.25, -0.2) is 0 Å². The molecule has 0 amide bonds. The van der Waals surface area contributed by atoms with Crippen molar-refractivity contribution in [1.82, 2.24) is 0 Å². The Bertz CT molecular complexity index is 861. The third-order valence-electron chi connectivity index (χ3n) is 5.12. The lowest BCUT2D eigenvalue weighted by Crippen LogP contribution is -2.60. The first kappa shape index (κ1) is 21.2. The van der Waals surface area contributed by atoms with Gasteiger partial charge in [-0.3, -0.25) is 0 Å². The van der Waals surface area contributed by atoms with Crippen LogP contribution in [0.1, 0.15) is 29.2 Å². The van der Waals surface area contributed by atoms with Gasteiger partial charge in [0.25, 0.3) is 0 Å². The molecule has 1 aliphatic heterocycles. The third kappa shape index (κ3) is 4.75. The van der Waals surface area contributed by atoms with Gasteiger partial charge in [-0.15, -0.1) is 0 Å². The average Bonchev–Trinajstić information content (AvgIpc) is 2.75. The molecular formula is C22H25NO6. The molecule has 7 heteroatoms. The predicted octanol–water partition coefficient (Wildman–Crippen LogP) is 0.890. The first-order chi connectivity index (χ1) is 14.0. The van der Waals surface area contributed by atoms with Gasteiger partial charge >= 0.3 is 0 Å². The minimum absolute atomic E-state index is 0.341. The smallest absolute Gasteiger partial charge is 0.229 e. The van der Waals surface area contributed by atoms with Crippen molar-refractivity contribution in [3.63, 3.8) is 0 Å². The van der Waals surface area contributed by atoms with Crippen molar-refractivity contribution >= 4 is 0 Å². The van der Waals surface area contributed by atoms with E-state index in [0.29, 0.717) is 17.7 Å². The molecular weight excluding hydrogens is 374 g/mol. The van der Waals surface area contributed by atoms with E-state index in [4.69, 9.17) is 9.47 Å². The number of aryl methyl sites for hydroxylation is 1. The van der Waals surface area contributed by atoms with Gasteiger partial charge in [0.2, 0.25) is 6.29 Å². The molecule has 0 aliphatic carbocycles. The standard InChI is InChI=1S/C22H25NO6/c1-2-13-3-5-14(6-4-13)9-16-10-17(8-7-15(16)11-23)28-22-21(27)20(26)19(25)18(12-24)29-22/h3-8,10,18-22,24-27H,2,9,12H2,1H3/t18-,19-,20+,21-,22-/m1/s1. The molecule has 4 N–H and O–H groups in total. The molecule has 1 fully saturated rings. The summed E-state index contributed by atoms with van der Waals surface area (Å²) >= 11 is 0. The molecule has 0 saturated carbocycles. The van der Waals surface area contributed by atoms with E-state index in [9.17, 15) is 25.7 Å². The van der Waals surface area contributed by atoms with Crippen molar-refractivity contribution < 1.29 is 29.9 Å². The highest BCUT2D eigenvalue weighted by molar-refractivity contribution is 5.45. The fourth-order valence-corrected chi connectivity index (χ4v) is 3.31. The molecule has 0 radical (unpaired) electrons. The predicted molar refractivity (Wildman–Crippen MR) is 104 cm³/mol. The van der Waals surface area contributed by atoms with E-state index in [2.05, 4.69) is 25.1 Å². The topological polar surface area (TPSA) is 123 Å². The monoisotopic (exact) mass is 399 g/mol. The number of aliphatic hydroxyl groups is 4. The van der Waals surface area contributed by atoms with Gasteiger partial charge in [0.05, 0.1) is 18.2 Å². The summed E-state index contributed by atoms with van der Waals surface area (Å²) in [4.78, 5) is 0. The Morgan fingerprint density at radius 3 is 2.31 bits per heavy atom. The summed E-state index contributed by atoms with van der Waals surface area (Å²) in [7, 11) is 0. The minimum Gasteiger partial charge on any atom is -0.462 e. The quantitative estimate of drug-likeness (QED) is 0.569. The zero-order valence-electron chi connectivity index (χ0n) is 16.1. The van der Waals surface area contributed by atoms with Gasteiger partial charge < -0.3 is 29.9 Å². The Hall–Kier alpha value is -2.47. The maximum atomic E-state index is 10.1. The Kier molecular flexibility index (Phi) is 6.85. The molecule has 7 nitrogen and oxygen atoms in total. The number of nitrogens with zero attached hydrogens (tertiary/aromatic N) is 1. The van der Waals surface area contributed by atoms with Crippen molar-refractivity contribution in [1.29, 1.82) is 5.26 Å². The van der Waals surface area contributed by atoms with Gasteiger partial charge in [0.15, 0.2) is 0 Å². The number of hydrogen-bond acceptors (Lipinski definition) is 7. The van der Waals surface area contributed by atoms with E-state index in [1.54, 1.807) is 18.2 Å². The van der Waals surface area contributed by atoms with Gasteiger partial charge in [-0.05, 0) is 47.7 Å². The van der Waals surface area contributed by atoms with Gasteiger partial charge in [0.1, 0.15) is 30.2 Å². The Labute approximate surface area is 169 Å². The van der Waals surface area contributed by atoms with Crippen LogP contribution >= 0.6 is 0 Å². The molecule has 0 aromatic heterocycles. The van der Waals surface area contributed by atoms with E-state index in [1.807, 2.05) is 12.1 Å². The summed E-state index contributed by atoms with van der Waals surface area (Å²) in [5.41, 5.74) is 3.53. The highest BCUT2D eigenvalue weighted by Crippen LogP contribution is 2.26. The fraction of sp³-hybridized carbons (Fsp3) is 0.409. The number of ether oxygens (including phenoxy) is 2. The van der Waals surface area contributed by atoms with E-state index in [1.165, 1.54) is 5.56 Å². The lowest BCUT2D eigenvalue weighted by Gasteiger charge is -2.39. The summed E-state index contributed by atoms with van der Waals surface area (Å²) in [6.07, 6.45) is -5.29.